The molecule has 0 heterocycles. The first-order valence-electron chi connectivity index (χ1n) is 6.86. The molecule has 0 radical (unpaired) electrons. The van der Waals surface area contributed by atoms with E-state index < -0.39 is 0 Å². The number of unbranched alkanes of at least 4 members (excludes halogenated alkanes) is 4. The summed E-state index contributed by atoms with van der Waals surface area (Å²) in [6, 6.07) is 6.98. The van der Waals surface area contributed by atoms with Crippen LogP contribution in [0.2, 0.25) is 0 Å². The van der Waals surface area contributed by atoms with E-state index in [9.17, 15) is 0 Å². The Balaban J connectivity index is 2.36. The predicted molar refractivity (Wildman–Crippen MR) is 73.0 cm³/mol. The molecule has 16 heavy (non-hydrogen) atoms. The van der Waals surface area contributed by atoms with Gasteiger partial charge in [0.2, 0.25) is 0 Å². The summed E-state index contributed by atoms with van der Waals surface area (Å²) in [4.78, 5) is 0. The van der Waals surface area contributed by atoms with Gasteiger partial charge in [0.05, 0.1) is 0 Å². The molecule has 0 unspecified atom stereocenters. The minimum Gasteiger partial charge on any atom is -0.0654 e. The molecule has 0 heteroatoms. The summed E-state index contributed by atoms with van der Waals surface area (Å²) >= 11 is 0. The highest BCUT2D eigenvalue weighted by Crippen LogP contribution is 2.14. The van der Waals surface area contributed by atoms with Crippen molar-refractivity contribution in [2.24, 2.45) is 0 Å². The molecule has 0 amide bonds. The lowest BCUT2D eigenvalue weighted by Gasteiger charge is -2.07. The van der Waals surface area contributed by atoms with Gasteiger partial charge in [0, 0.05) is 0 Å². The second-order valence-corrected chi connectivity index (χ2v) is 4.78. The zero-order valence-corrected chi connectivity index (χ0v) is 11.2. The summed E-state index contributed by atoms with van der Waals surface area (Å²) in [6.45, 7) is 6.73. The van der Waals surface area contributed by atoms with Gasteiger partial charge in [-0.15, -0.1) is 0 Å². The molecule has 0 saturated heterocycles. The largest absolute Gasteiger partial charge is 0.0654 e. The molecule has 0 atom stereocenters. The number of hydrogen-bond acceptors (Lipinski definition) is 0. The van der Waals surface area contributed by atoms with Crippen molar-refractivity contribution in [2.45, 2.75) is 65.7 Å². The van der Waals surface area contributed by atoms with Crippen molar-refractivity contribution in [3.8, 4) is 0 Å². The van der Waals surface area contributed by atoms with Crippen molar-refractivity contribution >= 4 is 0 Å². The van der Waals surface area contributed by atoms with Crippen LogP contribution in [0.1, 0.15) is 62.6 Å². The standard InChI is InChI=1S/C16H26/c1-4-6-7-8-9-10-15-12-11-14(3)16(5-2)13-15/h11-13H,4-10H2,1-3H3. The maximum Gasteiger partial charge on any atom is -0.0279 e. The lowest BCUT2D eigenvalue weighted by atomic mass is 9.99. The van der Waals surface area contributed by atoms with E-state index in [1.54, 1.807) is 0 Å². The first-order valence-corrected chi connectivity index (χ1v) is 6.86. The van der Waals surface area contributed by atoms with Gasteiger partial charge in [0.25, 0.3) is 0 Å². The second-order valence-electron chi connectivity index (χ2n) is 4.78. The Bertz CT molecular complexity index is 299. The van der Waals surface area contributed by atoms with Gasteiger partial charge in [-0.25, -0.2) is 0 Å². The van der Waals surface area contributed by atoms with Crippen LogP contribution in [-0.2, 0) is 12.8 Å². The second kappa shape index (κ2) is 7.49. The van der Waals surface area contributed by atoms with Crippen LogP contribution in [0.4, 0.5) is 0 Å². The van der Waals surface area contributed by atoms with E-state index in [0.29, 0.717) is 0 Å². The fourth-order valence-corrected chi connectivity index (χ4v) is 2.19. The molecule has 0 aliphatic heterocycles. The van der Waals surface area contributed by atoms with Gasteiger partial charge in [-0.05, 0) is 42.9 Å². The van der Waals surface area contributed by atoms with Gasteiger partial charge in [-0.1, -0.05) is 57.7 Å². The molecule has 1 aromatic rings. The third-order valence-electron chi connectivity index (χ3n) is 3.36. The van der Waals surface area contributed by atoms with Crippen molar-refractivity contribution in [1.82, 2.24) is 0 Å². The predicted octanol–water partition coefficient (Wildman–Crippen LogP) is 5.07. The molecule has 0 aliphatic rings. The van der Waals surface area contributed by atoms with E-state index in [1.165, 1.54) is 55.2 Å². The third-order valence-corrected chi connectivity index (χ3v) is 3.36. The van der Waals surface area contributed by atoms with Crippen LogP contribution in [0.5, 0.6) is 0 Å². The Morgan fingerprint density at radius 2 is 1.69 bits per heavy atom. The van der Waals surface area contributed by atoms with Crippen LogP contribution in [0.25, 0.3) is 0 Å². The molecule has 0 fully saturated rings. The number of rotatable bonds is 7. The Labute approximate surface area is 101 Å². The van der Waals surface area contributed by atoms with Crippen molar-refractivity contribution in [3.05, 3.63) is 34.9 Å². The van der Waals surface area contributed by atoms with E-state index in [-0.39, 0.29) is 0 Å². The molecule has 1 rings (SSSR count). The normalized spacial score (nSPS) is 10.7. The average molecular weight is 218 g/mol. The van der Waals surface area contributed by atoms with Crippen LogP contribution in [0.15, 0.2) is 18.2 Å². The van der Waals surface area contributed by atoms with Crippen LogP contribution in [-0.4, -0.2) is 0 Å². The van der Waals surface area contributed by atoms with E-state index in [0.717, 1.165) is 6.42 Å². The molecule has 0 bridgehead atoms. The van der Waals surface area contributed by atoms with Crippen LogP contribution >= 0.6 is 0 Å². The smallest absolute Gasteiger partial charge is 0.0279 e. The zero-order valence-electron chi connectivity index (χ0n) is 11.2. The van der Waals surface area contributed by atoms with E-state index >= 15 is 0 Å². The monoisotopic (exact) mass is 218 g/mol. The average Bonchev–Trinajstić information content (AvgIpc) is 2.31. The number of benzene rings is 1. The minimum absolute atomic E-state index is 1.16. The summed E-state index contributed by atoms with van der Waals surface area (Å²) in [7, 11) is 0. The summed E-state index contributed by atoms with van der Waals surface area (Å²) in [5.74, 6) is 0. The topological polar surface area (TPSA) is 0 Å². The van der Waals surface area contributed by atoms with Crippen LogP contribution < -0.4 is 0 Å². The molecule has 0 N–H and O–H groups in total. The SMILES string of the molecule is CCCCCCCc1ccc(C)c(CC)c1. The number of hydrogen-bond donors (Lipinski definition) is 0. The van der Waals surface area contributed by atoms with Gasteiger partial charge in [-0.2, -0.15) is 0 Å². The first kappa shape index (κ1) is 13.3. The van der Waals surface area contributed by atoms with E-state index in [4.69, 9.17) is 0 Å². The lowest BCUT2D eigenvalue weighted by Crippen LogP contribution is -1.91. The van der Waals surface area contributed by atoms with Gasteiger partial charge in [0.15, 0.2) is 0 Å². The minimum atomic E-state index is 1.16. The summed E-state index contributed by atoms with van der Waals surface area (Å²) in [5.41, 5.74) is 4.49. The van der Waals surface area contributed by atoms with Gasteiger partial charge in [-0.3, -0.25) is 0 Å². The van der Waals surface area contributed by atoms with Gasteiger partial charge in [0.1, 0.15) is 0 Å². The summed E-state index contributed by atoms with van der Waals surface area (Å²) < 4.78 is 0. The fraction of sp³-hybridized carbons (Fsp3) is 0.625. The van der Waals surface area contributed by atoms with Gasteiger partial charge < -0.3 is 0 Å². The van der Waals surface area contributed by atoms with Crippen molar-refractivity contribution in [3.63, 3.8) is 0 Å². The van der Waals surface area contributed by atoms with Gasteiger partial charge >= 0.3 is 0 Å². The fourth-order valence-electron chi connectivity index (χ4n) is 2.19. The molecule has 0 saturated carbocycles. The molecule has 0 spiro atoms. The van der Waals surface area contributed by atoms with Crippen molar-refractivity contribution < 1.29 is 0 Å². The molecule has 90 valence electrons. The maximum atomic E-state index is 2.40. The highest BCUT2D eigenvalue weighted by atomic mass is 14.0. The Morgan fingerprint density at radius 1 is 0.938 bits per heavy atom. The van der Waals surface area contributed by atoms with Crippen molar-refractivity contribution in [1.29, 1.82) is 0 Å². The summed E-state index contributed by atoms with van der Waals surface area (Å²) in [5, 5.41) is 0. The lowest BCUT2D eigenvalue weighted by molar-refractivity contribution is 0.632. The molecule has 0 aliphatic carbocycles. The molecule has 0 nitrogen and oxygen atoms in total. The van der Waals surface area contributed by atoms with Crippen LogP contribution in [0, 0.1) is 6.92 Å². The Kier molecular flexibility index (Phi) is 6.22. The highest BCUT2D eigenvalue weighted by Gasteiger charge is 1.98. The Morgan fingerprint density at radius 3 is 2.38 bits per heavy atom. The molecule has 0 aromatic heterocycles. The molecular formula is C16H26. The first-order chi connectivity index (χ1) is 7.77. The van der Waals surface area contributed by atoms with Crippen LogP contribution in [0.3, 0.4) is 0 Å². The molecular weight excluding hydrogens is 192 g/mol. The van der Waals surface area contributed by atoms with E-state index in [1.807, 2.05) is 0 Å². The third kappa shape index (κ3) is 4.38. The Hall–Kier alpha value is -0.780. The van der Waals surface area contributed by atoms with Crippen molar-refractivity contribution in [2.75, 3.05) is 0 Å². The summed E-state index contributed by atoms with van der Waals surface area (Å²) in [6.07, 6.45) is 9.31. The molecule has 1 aromatic carbocycles. The quantitative estimate of drug-likeness (QED) is 0.560. The number of aryl methyl sites for hydroxylation is 3. The maximum absolute atomic E-state index is 2.40. The zero-order chi connectivity index (χ0) is 11.8. The van der Waals surface area contributed by atoms with E-state index in [2.05, 4.69) is 39.0 Å². The highest BCUT2D eigenvalue weighted by molar-refractivity contribution is 5.31.